The summed E-state index contributed by atoms with van der Waals surface area (Å²) in [4.78, 5) is 30.4. The lowest BCUT2D eigenvalue weighted by Gasteiger charge is -2.32. The highest BCUT2D eigenvalue weighted by Gasteiger charge is 2.26. The average Bonchev–Trinajstić information content (AvgIpc) is 3.18. The van der Waals surface area contributed by atoms with E-state index in [9.17, 15) is 9.59 Å². The first-order valence-electron chi connectivity index (χ1n) is 11.4. The number of rotatable bonds is 5. The quantitative estimate of drug-likeness (QED) is 0.488. The third kappa shape index (κ3) is 4.42. The predicted molar refractivity (Wildman–Crippen MR) is 129 cm³/mol. The molecule has 1 saturated heterocycles. The van der Waals surface area contributed by atoms with Crippen LogP contribution in [-0.2, 0) is 6.61 Å². The van der Waals surface area contributed by atoms with Crippen LogP contribution >= 0.6 is 0 Å². The zero-order valence-electron chi connectivity index (χ0n) is 18.7. The van der Waals surface area contributed by atoms with Crippen LogP contribution in [0, 0.1) is 6.92 Å². The smallest absolute Gasteiger partial charge is 0.326 e. The van der Waals surface area contributed by atoms with Gasteiger partial charge in [-0.1, -0.05) is 48.0 Å². The Hall–Kier alpha value is -3.80. The molecule has 1 N–H and O–H groups in total. The highest BCUT2D eigenvalue weighted by atomic mass is 16.5. The minimum atomic E-state index is -0.0839. The van der Waals surface area contributed by atoms with Gasteiger partial charge in [0.25, 0.3) is 5.91 Å². The van der Waals surface area contributed by atoms with Gasteiger partial charge in [-0.15, -0.1) is 0 Å². The molecule has 1 aliphatic heterocycles. The molecular formula is C27H27N3O3. The monoisotopic (exact) mass is 441 g/mol. The SMILES string of the molecule is Cc1cccc(COc2cccc(C(=O)N3CCC(n4c(=O)[nH]c5ccccc54)CC3)c2)c1. The summed E-state index contributed by atoms with van der Waals surface area (Å²) in [5, 5.41) is 0. The normalized spacial score (nSPS) is 14.5. The number of hydrogen-bond acceptors (Lipinski definition) is 3. The summed E-state index contributed by atoms with van der Waals surface area (Å²) in [5.74, 6) is 0.684. The number of carbonyl (C=O) groups is 1. The van der Waals surface area contributed by atoms with Gasteiger partial charge in [0.1, 0.15) is 12.4 Å². The lowest BCUT2D eigenvalue weighted by Crippen LogP contribution is -2.40. The van der Waals surface area contributed by atoms with Crippen LogP contribution in [0.15, 0.2) is 77.6 Å². The number of aryl methyl sites for hydroxylation is 1. The summed E-state index contributed by atoms with van der Waals surface area (Å²) in [7, 11) is 0. The number of H-pyrrole nitrogens is 1. The molecule has 168 valence electrons. The van der Waals surface area contributed by atoms with Crippen molar-refractivity contribution >= 4 is 16.9 Å². The standard InChI is InChI=1S/C27H27N3O3/c1-19-6-4-7-20(16-19)18-33-23-9-5-8-21(17-23)26(31)29-14-12-22(13-15-29)30-25-11-3-2-10-24(25)28-27(30)32/h2-11,16-17,22H,12-15,18H2,1H3,(H,28,32). The first-order chi connectivity index (χ1) is 16.1. The van der Waals surface area contributed by atoms with Crippen LogP contribution < -0.4 is 10.4 Å². The second-order valence-electron chi connectivity index (χ2n) is 8.65. The number of piperidine rings is 1. The van der Waals surface area contributed by atoms with Gasteiger partial charge in [0, 0.05) is 24.7 Å². The molecule has 6 heteroatoms. The van der Waals surface area contributed by atoms with Gasteiger partial charge in [-0.3, -0.25) is 9.36 Å². The summed E-state index contributed by atoms with van der Waals surface area (Å²) >= 11 is 0. The topological polar surface area (TPSA) is 67.3 Å². The van der Waals surface area contributed by atoms with E-state index in [1.807, 2.05) is 70.1 Å². The van der Waals surface area contributed by atoms with Crippen molar-refractivity contribution in [1.82, 2.24) is 14.5 Å². The van der Waals surface area contributed by atoms with E-state index >= 15 is 0 Å². The zero-order chi connectivity index (χ0) is 22.8. The summed E-state index contributed by atoms with van der Waals surface area (Å²) in [6.45, 7) is 3.75. The second kappa shape index (κ2) is 8.98. The van der Waals surface area contributed by atoms with Crippen molar-refractivity contribution in [3.8, 4) is 5.75 Å². The molecule has 3 aromatic carbocycles. The summed E-state index contributed by atoms with van der Waals surface area (Å²) in [6, 6.07) is 23.4. The average molecular weight is 442 g/mol. The molecule has 0 bridgehead atoms. The number of hydrogen-bond donors (Lipinski definition) is 1. The van der Waals surface area contributed by atoms with Gasteiger partial charge < -0.3 is 14.6 Å². The van der Waals surface area contributed by atoms with Gasteiger partial charge in [0.15, 0.2) is 0 Å². The van der Waals surface area contributed by atoms with Crippen LogP contribution in [0.5, 0.6) is 5.75 Å². The molecule has 1 amide bonds. The molecule has 5 rings (SSSR count). The molecule has 33 heavy (non-hydrogen) atoms. The van der Waals surface area contributed by atoms with E-state index in [0.29, 0.717) is 31.0 Å². The van der Waals surface area contributed by atoms with Crippen LogP contribution in [0.25, 0.3) is 11.0 Å². The van der Waals surface area contributed by atoms with Gasteiger partial charge in [0.05, 0.1) is 11.0 Å². The van der Waals surface area contributed by atoms with Gasteiger partial charge in [-0.25, -0.2) is 4.79 Å². The molecule has 1 aliphatic rings. The number of fused-ring (bicyclic) bond motifs is 1. The molecule has 0 atom stereocenters. The summed E-state index contributed by atoms with van der Waals surface area (Å²) < 4.78 is 7.78. The molecule has 0 saturated carbocycles. The van der Waals surface area contributed by atoms with Crippen LogP contribution in [0.1, 0.15) is 40.4 Å². The first-order valence-corrected chi connectivity index (χ1v) is 11.4. The van der Waals surface area contributed by atoms with Gasteiger partial charge in [-0.2, -0.15) is 0 Å². The molecule has 1 fully saturated rings. The predicted octanol–water partition coefficient (Wildman–Crippen LogP) is 4.69. The molecule has 0 unspecified atom stereocenters. The van der Waals surface area contributed by atoms with E-state index in [4.69, 9.17) is 4.74 Å². The number of nitrogens with one attached hydrogen (secondary N) is 1. The third-order valence-electron chi connectivity index (χ3n) is 6.31. The highest BCUT2D eigenvalue weighted by molar-refractivity contribution is 5.94. The number of aromatic nitrogens is 2. The Morgan fingerprint density at radius 3 is 2.61 bits per heavy atom. The lowest BCUT2D eigenvalue weighted by molar-refractivity contribution is 0.0694. The van der Waals surface area contributed by atoms with Gasteiger partial charge in [0.2, 0.25) is 0 Å². The van der Waals surface area contributed by atoms with E-state index in [1.54, 1.807) is 0 Å². The number of imidazole rings is 1. The van der Waals surface area contributed by atoms with Crippen LogP contribution in [0.2, 0.25) is 0 Å². The maximum Gasteiger partial charge on any atom is 0.326 e. The fourth-order valence-electron chi connectivity index (χ4n) is 4.63. The maximum atomic E-state index is 13.1. The number of ether oxygens (including phenoxy) is 1. The van der Waals surface area contributed by atoms with Crippen molar-refractivity contribution in [1.29, 1.82) is 0 Å². The zero-order valence-corrected chi connectivity index (χ0v) is 18.7. The largest absolute Gasteiger partial charge is 0.489 e. The van der Waals surface area contributed by atoms with Crippen LogP contribution in [-0.4, -0.2) is 33.4 Å². The number of nitrogens with zero attached hydrogens (tertiary/aromatic N) is 2. The minimum Gasteiger partial charge on any atom is -0.489 e. The molecule has 2 heterocycles. The van der Waals surface area contributed by atoms with Crippen molar-refractivity contribution < 1.29 is 9.53 Å². The number of amides is 1. The van der Waals surface area contributed by atoms with Crippen LogP contribution in [0.3, 0.4) is 0 Å². The number of para-hydroxylation sites is 2. The summed E-state index contributed by atoms with van der Waals surface area (Å²) in [6.07, 6.45) is 1.49. The van der Waals surface area contributed by atoms with Crippen molar-refractivity contribution in [3.63, 3.8) is 0 Å². The number of benzene rings is 3. The highest BCUT2D eigenvalue weighted by Crippen LogP contribution is 2.26. The Bertz CT molecular complexity index is 1350. The number of likely N-dealkylation sites (tertiary alicyclic amines) is 1. The van der Waals surface area contributed by atoms with Gasteiger partial charge >= 0.3 is 5.69 Å². The molecule has 1 aromatic heterocycles. The molecule has 0 spiro atoms. The van der Waals surface area contributed by atoms with Crippen molar-refractivity contribution in [2.75, 3.05) is 13.1 Å². The Balaban J connectivity index is 1.24. The van der Waals surface area contributed by atoms with Crippen molar-refractivity contribution in [2.45, 2.75) is 32.4 Å². The summed E-state index contributed by atoms with van der Waals surface area (Å²) in [5.41, 5.74) is 4.60. The van der Waals surface area contributed by atoms with E-state index < -0.39 is 0 Å². The second-order valence-corrected chi connectivity index (χ2v) is 8.65. The number of carbonyl (C=O) groups excluding carboxylic acids is 1. The fourth-order valence-corrected chi connectivity index (χ4v) is 4.63. The van der Waals surface area contributed by atoms with Crippen molar-refractivity contribution in [3.05, 3.63) is 100.0 Å². The molecule has 4 aromatic rings. The molecule has 0 aliphatic carbocycles. The Morgan fingerprint density at radius 2 is 1.79 bits per heavy atom. The Morgan fingerprint density at radius 1 is 1.00 bits per heavy atom. The Kier molecular flexibility index (Phi) is 5.73. The molecule has 0 radical (unpaired) electrons. The Labute approximate surface area is 192 Å². The van der Waals surface area contributed by atoms with E-state index in [2.05, 4.69) is 24.0 Å². The van der Waals surface area contributed by atoms with E-state index in [1.165, 1.54) is 5.56 Å². The van der Waals surface area contributed by atoms with E-state index in [0.717, 1.165) is 29.4 Å². The van der Waals surface area contributed by atoms with Gasteiger partial charge in [-0.05, 0) is 55.7 Å². The van der Waals surface area contributed by atoms with Crippen LogP contribution in [0.4, 0.5) is 0 Å². The lowest BCUT2D eigenvalue weighted by atomic mass is 10.0. The maximum absolute atomic E-state index is 13.1. The number of aromatic amines is 1. The first kappa shape index (κ1) is 21.1. The molecule has 6 nitrogen and oxygen atoms in total. The third-order valence-corrected chi connectivity index (χ3v) is 6.31. The van der Waals surface area contributed by atoms with E-state index in [-0.39, 0.29) is 17.6 Å². The minimum absolute atomic E-state index is 0.000675. The van der Waals surface area contributed by atoms with Crippen molar-refractivity contribution in [2.24, 2.45) is 0 Å². The molecular weight excluding hydrogens is 414 g/mol. The fraction of sp³-hybridized carbons (Fsp3) is 0.259.